The summed E-state index contributed by atoms with van der Waals surface area (Å²) in [7, 11) is 0. The lowest BCUT2D eigenvalue weighted by Crippen LogP contribution is -2.22. The van der Waals surface area contributed by atoms with Crippen LogP contribution in [0.3, 0.4) is 0 Å². The summed E-state index contributed by atoms with van der Waals surface area (Å²) >= 11 is 13.3. The second kappa shape index (κ2) is 10.4. The maximum atomic E-state index is 12.4. The second-order valence-electron chi connectivity index (χ2n) is 5.84. The number of carboxylic acid groups (broad SMARTS) is 1. The number of anilines is 2. The normalized spacial score (nSPS) is 11.5. The van der Waals surface area contributed by atoms with Crippen LogP contribution in [0.2, 0.25) is 10.0 Å². The monoisotopic (exact) mass is 440 g/mol. The van der Waals surface area contributed by atoms with Gasteiger partial charge in [-0.05, 0) is 49.4 Å². The number of carbonyl (C=O) groups excluding carboxylic acids is 2. The average molecular weight is 441 g/mol. The molecule has 0 aliphatic rings. The molecule has 0 radical (unpaired) electrons. The van der Waals surface area contributed by atoms with E-state index in [0.29, 0.717) is 21.4 Å². The summed E-state index contributed by atoms with van der Waals surface area (Å²) in [6.07, 6.45) is -0.305. The first-order valence-electron chi connectivity index (χ1n) is 8.29. The molecule has 0 heterocycles. The number of hydrogen-bond donors (Lipinski definition) is 3. The van der Waals surface area contributed by atoms with Crippen molar-refractivity contribution < 1.29 is 19.5 Å². The number of amides is 2. The van der Waals surface area contributed by atoms with Gasteiger partial charge in [-0.25, -0.2) is 0 Å². The molecule has 3 N–H and O–H groups in total. The minimum Gasteiger partial charge on any atom is -0.481 e. The number of carboxylic acids is 1. The zero-order chi connectivity index (χ0) is 20.7. The standard InChI is InChI=1S/C19H18Cl2N2O4S/c1-11(19(27)23-16-7-2-12(20)10-15(16)21)28-14-5-3-13(4-6-14)22-17(24)8-9-18(25)26/h2-7,10-11H,8-9H2,1H3,(H,22,24)(H,23,27)(H,25,26). The zero-order valence-electron chi connectivity index (χ0n) is 14.9. The van der Waals surface area contributed by atoms with Crippen LogP contribution >= 0.6 is 35.0 Å². The quantitative estimate of drug-likeness (QED) is 0.506. The van der Waals surface area contributed by atoms with Crippen LogP contribution in [0.4, 0.5) is 11.4 Å². The van der Waals surface area contributed by atoms with Gasteiger partial charge in [0.05, 0.1) is 22.4 Å². The Hall–Kier alpha value is -2.22. The zero-order valence-corrected chi connectivity index (χ0v) is 17.2. The van der Waals surface area contributed by atoms with E-state index in [4.69, 9.17) is 28.3 Å². The maximum Gasteiger partial charge on any atom is 0.303 e. The molecule has 0 fully saturated rings. The number of hydrogen-bond acceptors (Lipinski definition) is 4. The van der Waals surface area contributed by atoms with Crippen molar-refractivity contribution in [2.24, 2.45) is 0 Å². The van der Waals surface area contributed by atoms with E-state index < -0.39 is 5.97 Å². The van der Waals surface area contributed by atoms with Crippen LogP contribution in [0.25, 0.3) is 0 Å². The lowest BCUT2D eigenvalue weighted by molar-refractivity contribution is -0.138. The molecule has 28 heavy (non-hydrogen) atoms. The molecule has 2 aromatic rings. The number of nitrogens with one attached hydrogen (secondary N) is 2. The van der Waals surface area contributed by atoms with Crippen LogP contribution in [0, 0.1) is 0 Å². The van der Waals surface area contributed by atoms with Crippen molar-refractivity contribution in [3.05, 3.63) is 52.5 Å². The predicted octanol–water partition coefficient (Wildman–Crippen LogP) is 4.92. The molecule has 0 saturated heterocycles. The van der Waals surface area contributed by atoms with Gasteiger partial charge < -0.3 is 15.7 Å². The van der Waals surface area contributed by atoms with Crippen LogP contribution in [-0.4, -0.2) is 28.1 Å². The van der Waals surface area contributed by atoms with E-state index in [9.17, 15) is 14.4 Å². The molecular formula is C19H18Cl2N2O4S. The molecule has 0 aliphatic heterocycles. The number of aliphatic carboxylic acids is 1. The van der Waals surface area contributed by atoms with Gasteiger partial charge in [-0.2, -0.15) is 0 Å². The van der Waals surface area contributed by atoms with Crippen LogP contribution in [-0.2, 0) is 14.4 Å². The Morgan fingerprint density at radius 2 is 1.71 bits per heavy atom. The Balaban J connectivity index is 1.89. The third-order valence-corrected chi connectivity index (χ3v) is 5.23. The van der Waals surface area contributed by atoms with E-state index in [1.54, 1.807) is 49.4 Å². The van der Waals surface area contributed by atoms with Crippen molar-refractivity contribution in [1.82, 2.24) is 0 Å². The highest BCUT2D eigenvalue weighted by Crippen LogP contribution is 2.28. The number of benzene rings is 2. The van der Waals surface area contributed by atoms with Gasteiger partial charge in [0.2, 0.25) is 11.8 Å². The molecule has 1 unspecified atom stereocenters. The third kappa shape index (κ3) is 7.07. The van der Waals surface area contributed by atoms with Crippen molar-refractivity contribution in [2.45, 2.75) is 29.9 Å². The Morgan fingerprint density at radius 1 is 1.04 bits per heavy atom. The fourth-order valence-electron chi connectivity index (χ4n) is 2.14. The first-order valence-corrected chi connectivity index (χ1v) is 9.92. The summed E-state index contributed by atoms with van der Waals surface area (Å²) in [5.41, 5.74) is 1.05. The molecule has 2 rings (SSSR count). The molecule has 2 aromatic carbocycles. The molecule has 148 valence electrons. The lowest BCUT2D eigenvalue weighted by Gasteiger charge is -2.13. The molecule has 6 nitrogen and oxygen atoms in total. The van der Waals surface area contributed by atoms with Crippen LogP contribution in [0.5, 0.6) is 0 Å². The van der Waals surface area contributed by atoms with Gasteiger partial charge in [-0.15, -0.1) is 11.8 Å². The van der Waals surface area contributed by atoms with E-state index in [2.05, 4.69) is 10.6 Å². The molecule has 9 heteroatoms. The van der Waals surface area contributed by atoms with Gasteiger partial charge in [0.1, 0.15) is 0 Å². The largest absolute Gasteiger partial charge is 0.481 e. The molecule has 0 spiro atoms. The highest BCUT2D eigenvalue weighted by atomic mass is 35.5. The number of carbonyl (C=O) groups is 3. The van der Waals surface area contributed by atoms with Crippen molar-refractivity contribution in [1.29, 1.82) is 0 Å². The molecular weight excluding hydrogens is 423 g/mol. The fraction of sp³-hybridized carbons (Fsp3) is 0.211. The first kappa shape index (κ1) is 22.1. The minimum atomic E-state index is -1.02. The second-order valence-corrected chi connectivity index (χ2v) is 8.10. The molecule has 0 bridgehead atoms. The van der Waals surface area contributed by atoms with E-state index in [0.717, 1.165) is 4.90 Å². The fourth-order valence-corrected chi connectivity index (χ4v) is 3.47. The average Bonchev–Trinajstić information content (AvgIpc) is 2.63. The van der Waals surface area contributed by atoms with Crippen LogP contribution < -0.4 is 10.6 Å². The molecule has 0 aromatic heterocycles. The van der Waals surface area contributed by atoms with Crippen molar-refractivity contribution in [3.63, 3.8) is 0 Å². The van der Waals surface area contributed by atoms with Crippen LogP contribution in [0.15, 0.2) is 47.4 Å². The van der Waals surface area contributed by atoms with E-state index in [1.807, 2.05) is 0 Å². The number of halogens is 2. The Bertz CT molecular complexity index is 875. The van der Waals surface area contributed by atoms with Gasteiger partial charge in [0.25, 0.3) is 0 Å². The Labute approximate surface area is 176 Å². The van der Waals surface area contributed by atoms with Crippen LogP contribution in [0.1, 0.15) is 19.8 Å². The number of rotatable bonds is 8. The summed E-state index contributed by atoms with van der Waals surface area (Å²) in [5.74, 6) is -1.59. The highest BCUT2D eigenvalue weighted by molar-refractivity contribution is 8.00. The topological polar surface area (TPSA) is 95.5 Å². The van der Waals surface area contributed by atoms with Gasteiger partial charge in [0.15, 0.2) is 0 Å². The Morgan fingerprint density at radius 3 is 2.32 bits per heavy atom. The third-order valence-electron chi connectivity index (χ3n) is 3.58. The molecule has 2 amide bonds. The SMILES string of the molecule is CC(Sc1ccc(NC(=O)CCC(=O)O)cc1)C(=O)Nc1ccc(Cl)cc1Cl. The lowest BCUT2D eigenvalue weighted by atomic mass is 10.2. The summed E-state index contributed by atoms with van der Waals surface area (Å²) in [4.78, 5) is 35.3. The summed E-state index contributed by atoms with van der Waals surface area (Å²) in [6.45, 7) is 1.77. The maximum absolute atomic E-state index is 12.4. The van der Waals surface area contributed by atoms with E-state index in [-0.39, 0.29) is 29.9 Å². The van der Waals surface area contributed by atoms with Gasteiger partial charge in [0, 0.05) is 22.0 Å². The minimum absolute atomic E-state index is 0.0870. The summed E-state index contributed by atoms with van der Waals surface area (Å²) in [6, 6.07) is 11.8. The molecule has 0 aliphatic carbocycles. The van der Waals surface area contributed by atoms with E-state index in [1.165, 1.54) is 11.8 Å². The predicted molar refractivity (Wildman–Crippen MR) is 112 cm³/mol. The van der Waals surface area contributed by atoms with Gasteiger partial charge >= 0.3 is 5.97 Å². The summed E-state index contributed by atoms with van der Waals surface area (Å²) in [5, 5.41) is 14.4. The van der Waals surface area contributed by atoms with Gasteiger partial charge in [-0.1, -0.05) is 23.2 Å². The Kier molecular flexibility index (Phi) is 8.17. The van der Waals surface area contributed by atoms with E-state index >= 15 is 0 Å². The number of thioether (sulfide) groups is 1. The molecule has 1 atom stereocenters. The summed E-state index contributed by atoms with van der Waals surface area (Å²) < 4.78 is 0. The molecule has 0 saturated carbocycles. The highest BCUT2D eigenvalue weighted by Gasteiger charge is 2.16. The smallest absolute Gasteiger partial charge is 0.303 e. The van der Waals surface area contributed by atoms with Crippen molar-refractivity contribution in [3.8, 4) is 0 Å². The first-order chi connectivity index (χ1) is 13.2. The van der Waals surface area contributed by atoms with Crippen molar-refractivity contribution in [2.75, 3.05) is 10.6 Å². The van der Waals surface area contributed by atoms with Crippen molar-refractivity contribution >= 4 is 64.1 Å². The van der Waals surface area contributed by atoms with Gasteiger partial charge in [-0.3, -0.25) is 14.4 Å².